The minimum absolute atomic E-state index is 0.0147. The van der Waals surface area contributed by atoms with Crippen molar-refractivity contribution in [3.8, 4) is 0 Å². The van der Waals surface area contributed by atoms with Crippen LogP contribution >= 0.6 is 0 Å². The van der Waals surface area contributed by atoms with Crippen molar-refractivity contribution in [2.45, 2.75) is 32.8 Å². The summed E-state index contributed by atoms with van der Waals surface area (Å²) in [6.07, 6.45) is 1.39. The molecule has 1 saturated heterocycles. The first-order valence-electron chi connectivity index (χ1n) is 6.61. The Bertz CT molecular complexity index is 251. The lowest BCUT2D eigenvalue weighted by Crippen LogP contribution is -2.42. The van der Waals surface area contributed by atoms with Crippen molar-refractivity contribution in [2.75, 3.05) is 40.0 Å². The third-order valence-electron chi connectivity index (χ3n) is 3.16. The fourth-order valence-corrected chi connectivity index (χ4v) is 1.83. The Morgan fingerprint density at radius 2 is 2.33 bits per heavy atom. The minimum Gasteiger partial charge on any atom is -0.385 e. The Hall–Kier alpha value is -0.650. The zero-order valence-electron chi connectivity index (χ0n) is 11.8. The quantitative estimate of drug-likeness (QED) is 0.700. The van der Waals surface area contributed by atoms with Crippen LogP contribution in [0.15, 0.2) is 0 Å². The number of hydrogen-bond donors (Lipinski definition) is 2. The molecule has 1 heterocycles. The summed E-state index contributed by atoms with van der Waals surface area (Å²) in [4.78, 5) is 11.8. The van der Waals surface area contributed by atoms with Crippen molar-refractivity contribution in [1.29, 1.82) is 0 Å². The Morgan fingerprint density at radius 1 is 1.56 bits per heavy atom. The number of nitrogens with one attached hydrogen (secondary N) is 2. The number of morpholine rings is 1. The summed E-state index contributed by atoms with van der Waals surface area (Å²) in [6, 6.07) is 0. The molecule has 18 heavy (non-hydrogen) atoms. The van der Waals surface area contributed by atoms with Crippen LogP contribution < -0.4 is 10.6 Å². The van der Waals surface area contributed by atoms with Gasteiger partial charge in [-0.1, -0.05) is 13.8 Å². The molecule has 1 rings (SSSR count). The Morgan fingerprint density at radius 3 is 2.94 bits per heavy atom. The highest BCUT2D eigenvalue weighted by molar-refractivity contribution is 5.76. The number of ether oxygens (including phenoxy) is 2. The van der Waals surface area contributed by atoms with Crippen molar-refractivity contribution >= 4 is 5.91 Å². The lowest BCUT2D eigenvalue weighted by atomic mass is 9.89. The highest BCUT2D eigenvalue weighted by Crippen LogP contribution is 2.18. The molecule has 5 heteroatoms. The normalized spacial score (nSPS) is 20.7. The van der Waals surface area contributed by atoms with Gasteiger partial charge < -0.3 is 20.1 Å². The van der Waals surface area contributed by atoms with Crippen LogP contribution in [-0.4, -0.2) is 52.0 Å². The summed E-state index contributed by atoms with van der Waals surface area (Å²) in [5, 5.41) is 6.20. The molecule has 0 aromatic heterocycles. The van der Waals surface area contributed by atoms with E-state index in [0.717, 1.165) is 26.1 Å². The molecule has 0 aromatic carbocycles. The molecule has 0 saturated carbocycles. The topological polar surface area (TPSA) is 59.6 Å². The highest BCUT2D eigenvalue weighted by Gasteiger charge is 2.21. The summed E-state index contributed by atoms with van der Waals surface area (Å²) >= 11 is 0. The van der Waals surface area contributed by atoms with Crippen molar-refractivity contribution in [1.82, 2.24) is 10.6 Å². The number of carbonyl (C=O) groups excluding carboxylic acids is 1. The Balaban J connectivity index is 2.19. The van der Waals surface area contributed by atoms with E-state index in [-0.39, 0.29) is 17.4 Å². The van der Waals surface area contributed by atoms with Gasteiger partial charge in [-0.15, -0.1) is 0 Å². The number of methoxy groups -OCH3 is 1. The van der Waals surface area contributed by atoms with Crippen LogP contribution in [0.25, 0.3) is 0 Å². The van der Waals surface area contributed by atoms with Crippen LogP contribution in [0.1, 0.15) is 26.7 Å². The van der Waals surface area contributed by atoms with Crippen LogP contribution in [0.3, 0.4) is 0 Å². The van der Waals surface area contributed by atoms with Crippen LogP contribution in [0, 0.1) is 5.41 Å². The van der Waals surface area contributed by atoms with Gasteiger partial charge in [0.2, 0.25) is 5.91 Å². The van der Waals surface area contributed by atoms with E-state index >= 15 is 0 Å². The van der Waals surface area contributed by atoms with Gasteiger partial charge in [0.25, 0.3) is 0 Å². The second-order valence-electron chi connectivity index (χ2n) is 5.58. The van der Waals surface area contributed by atoms with E-state index in [2.05, 4.69) is 24.5 Å². The standard InChI is InChI=1S/C13H26N2O3/c1-13(2,4-6-17-3)10-15-12(16)8-11-9-14-5-7-18-11/h11,14H,4-10H2,1-3H3,(H,15,16). The molecule has 1 aliphatic rings. The molecular weight excluding hydrogens is 232 g/mol. The van der Waals surface area contributed by atoms with Crippen LogP contribution in [0.2, 0.25) is 0 Å². The first kappa shape index (κ1) is 15.4. The molecule has 0 aliphatic carbocycles. The van der Waals surface area contributed by atoms with Crippen LogP contribution in [0.5, 0.6) is 0 Å². The van der Waals surface area contributed by atoms with Crippen molar-refractivity contribution < 1.29 is 14.3 Å². The minimum atomic E-state index is 0.0147. The van der Waals surface area contributed by atoms with Gasteiger partial charge >= 0.3 is 0 Å². The predicted octanol–water partition coefficient (Wildman–Crippen LogP) is 0.544. The molecule has 1 unspecified atom stereocenters. The van der Waals surface area contributed by atoms with E-state index in [9.17, 15) is 4.79 Å². The van der Waals surface area contributed by atoms with Gasteiger partial charge in [0, 0.05) is 33.4 Å². The van der Waals surface area contributed by atoms with E-state index in [4.69, 9.17) is 9.47 Å². The van der Waals surface area contributed by atoms with E-state index < -0.39 is 0 Å². The molecule has 2 N–H and O–H groups in total. The lowest BCUT2D eigenvalue weighted by Gasteiger charge is -2.26. The largest absolute Gasteiger partial charge is 0.385 e. The summed E-state index contributed by atoms with van der Waals surface area (Å²) < 4.78 is 10.6. The van der Waals surface area contributed by atoms with Gasteiger partial charge in [0.15, 0.2) is 0 Å². The smallest absolute Gasteiger partial charge is 0.222 e. The zero-order valence-corrected chi connectivity index (χ0v) is 11.8. The average molecular weight is 258 g/mol. The number of hydrogen-bond acceptors (Lipinski definition) is 4. The molecule has 1 fully saturated rings. The maximum absolute atomic E-state index is 11.8. The molecule has 1 amide bonds. The van der Waals surface area contributed by atoms with Crippen molar-refractivity contribution in [3.05, 3.63) is 0 Å². The van der Waals surface area contributed by atoms with Crippen molar-refractivity contribution in [2.24, 2.45) is 5.41 Å². The van der Waals surface area contributed by atoms with Gasteiger partial charge in [-0.2, -0.15) is 0 Å². The third-order valence-corrected chi connectivity index (χ3v) is 3.16. The van der Waals surface area contributed by atoms with E-state index in [0.29, 0.717) is 19.6 Å². The van der Waals surface area contributed by atoms with Gasteiger partial charge in [0.1, 0.15) is 0 Å². The zero-order chi connectivity index (χ0) is 13.4. The molecule has 0 bridgehead atoms. The third kappa shape index (κ3) is 6.33. The van der Waals surface area contributed by atoms with Gasteiger partial charge in [-0.05, 0) is 11.8 Å². The maximum Gasteiger partial charge on any atom is 0.222 e. The molecule has 1 aliphatic heterocycles. The highest BCUT2D eigenvalue weighted by atomic mass is 16.5. The monoisotopic (exact) mass is 258 g/mol. The second kappa shape index (κ2) is 7.71. The van der Waals surface area contributed by atoms with Crippen LogP contribution in [0.4, 0.5) is 0 Å². The Kier molecular flexibility index (Phi) is 6.60. The maximum atomic E-state index is 11.8. The first-order chi connectivity index (χ1) is 8.53. The molecule has 5 nitrogen and oxygen atoms in total. The fourth-order valence-electron chi connectivity index (χ4n) is 1.83. The number of amides is 1. The number of rotatable bonds is 7. The van der Waals surface area contributed by atoms with Gasteiger partial charge in [0.05, 0.1) is 19.1 Å². The van der Waals surface area contributed by atoms with Crippen molar-refractivity contribution in [3.63, 3.8) is 0 Å². The molecule has 106 valence electrons. The second-order valence-corrected chi connectivity index (χ2v) is 5.58. The molecule has 0 aromatic rings. The molecule has 1 atom stereocenters. The SMILES string of the molecule is COCCC(C)(C)CNC(=O)CC1CNCCO1. The molecule has 0 spiro atoms. The van der Waals surface area contributed by atoms with E-state index in [1.807, 2.05) is 0 Å². The van der Waals surface area contributed by atoms with E-state index in [1.165, 1.54) is 0 Å². The molecular formula is C13H26N2O3. The van der Waals surface area contributed by atoms with Crippen LogP contribution in [-0.2, 0) is 14.3 Å². The van der Waals surface area contributed by atoms with Gasteiger partial charge in [-0.3, -0.25) is 4.79 Å². The predicted molar refractivity (Wildman–Crippen MR) is 70.5 cm³/mol. The first-order valence-corrected chi connectivity index (χ1v) is 6.61. The summed E-state index contributed by atoms with van der Waals surface area (Å²) in [6.45, 7) is 7.99. The fraction of sp³-hybridized carbons (Fsp3) is 0.923. The lowest BCUT2D eigenvalue weighted by molar-refractivity contribution is -0.125. The van der Waals surface area contributed by atoms with Gasteiger partial charge in [-0.25, -0.2) is 0 Å². The van der Waals surface area contributed by atoms with E-state index in [1.54, 1.807) is 7.11 Å². The Labute approximate surface area is 110 Å². The summed E-state index contributed by atoms with van der Waals surface area (Å²) in [5.74, 6) is 0.0641. The molecule has 0 radical (unpaired) electrons. The number of carbonyl (C=O) groups is 1. The summed E-state index contributed by atoms with van der Waals surface area (Å²) in [5.41, 5.74) is 0.0668. The summed E-state index contributed by atoms with van der Waals surface area (Å²) in [7, 11) is 1.70. The average Bonchev–Trinajstić information content (AvgIpc) is 2.36.